The number of hydrazone groups is 1. The maximum atomic E-state index is 12.2. The molecule has 0 aliphatic rings. The summed E-state index contributed by atoms with van der Waals surface area (Å²) in [6.45, 7) is 0. The smallest absolute Gasteiger partial charge is 0.287 e. The number of carbonyl (C=O) groups excluding carboxylic acids is 1. The summed E-state index contributed by atoms with van der Waals surface area (Å²) in [6, 6.07) is 11.9. The largest absolute Gasteiger partial charge is 0.507 e. The molecule has 0 fully saturated rings. The molecule has 3 rings (SSSR count). The number of phenols is 1. The van der Waals surface area contributed by atoms with Crippen molar-refractivity contribution in [2.45, 2.75) is 0 Å². The number of hydrogen-bond acceptors (Lipinski definition) is 5. The zero-order valence-electron chi connectivity index (χ0n) is 13.7. The Morgan fingerprint density at radius 3 is 2.60 bits per heavy atom. The number of rotatable bonds is 5. The summed E-state index contributed by atoms with van der Waals surface area (Å²) in [4.78, 5) is 15.2. The summed E-state index contributed by atoms with van der Waals surface area (Å²) in [5.74, 6) is 0.936. The lowest BCUT2D eigenvalue weighted by Crippen LogP contribution is -2.17. The van der Waals surface area contributed by atoms with Gasteiger partial charge in [-0.2, -0.15) is 5.10 Å². The average molecular weight is 339 g/mol. The Hall–Kier alpha value is -3.48. The van der Waals surface area contributed by atoms with E-state index in [0.29, 0.717) is 22.8 Å². The lowest BCUT2D eigenvalue weighted by atomic mass is 10.2. The minimum atomic E-state index is -0.395. The Labute approximate surface area is 143 Å². The van der Waals surface area contributed by atoms with Crippen LogP contribution in [0.5, 0.6) is 17.2 Å². The van der Waals surface area contributed by atoms with Gasteiger partial charge in [-0.25, -0.2) is 5.43 Å². The van der Waals surface area contributed by atoms with Crippen molar-refractivity contribution < 1.29 is 19.4 Å². The topological polar surface area (TPSA) is 95.9 Å². The molecule has 1 amide bonds. The summed E-state index contributed by atoms with van der Waals surface area (Å²) in [7, 11) is 3.12. The van der Waals surface area contributed by atoms with Crippen LogP contribution in [0.4, 0.5) is 0 Å². The van der Waals surface area contributed by atoms with Crippen LogP contribution in [-0.2, 0) is 0 Å². The predicted molar refractivity (Wildman–Crippen MR) is 94.6 cm³/mol. The first-order valence-corrected chi connectivity index (χ1v) is 7.48. The normalized spacial score (nSPS) is 11.0. The van der Waals surface area contributed by atoms with Crippen molar-refractivity contribution in [3.05, 3.63) is 53.7 Å². The molecule has 0 atom stereocenters. The van der Waals surface area contributed by atoms with Crippen molar-refractivity contribution in [2.75, 3.05) is 14.2 Å². The molecule has 0 unspecified atom stereocenters. The number of phenolic OH excluding ortho intramolecular Hbond substituents is 1. The molecule has 0 bridgehead atoms. The van der Waals surface area contributed by atoms with Gasteiger partial charge in [0.1, 0.15) is 22.9 Å². The molecule has 3 aromatic rings. The molecule has 0 aliphatic heterocycles. The standard InChI is InChI=1S/C18H17N3O4/c1-24-13-3-5-15-11(7-13)9-16(20-15)18(23)21-19-10-12-8-14(25-2)4-6-17(12)22/h3-10,20,22H,1-2H3,(H,21,23). The summed E-state index contributed by atoms with van der Waals surface area (Å²) in [5, 5.41) is 14.5. The third kappa shape index (κ3) is 3.55. The van der Waals surface area contributed by atoms with Crippen LogP contribution in [0.3, 0.4) is 0 Å². The van der Waals surface area contributed by atoms with Gasteiger partial charge < -0.3 is 19.6 Å². The minimum absolute atomic E-state index is 0.0384. The van der Waals surface area contributed by atoms with Crippen molar-refractivity contribution >= 4 is 23.0 Å². The molecule has 25 heavy (non-hydrogen) atoms. The fourth-order valence-electron chi connectivity index (χ4n) is 2.34. The van der Waals surface area contributed by atoms with E-state index in [2.05, 4.69) is 15.5 Å². The van der Waals surface area contributed by atoms with E-state index in [4.69, 9.17) is 9.47 Å². The summed E-state index contributed by atoms with van der Waals surface area (Å²) in [5.41, 5.74) is 4.04. The maximum absolute atomic E-state index is 12.2. The Morgan fingerprint density at radius 2 is 1.84 bits per heavy atom. The number of aromatic hydroxyl groups is 1. The van der Waals surface area contributed by atoms with Crippen molar-refractivity contribution in [3.8, 4) is 17.2 Å². The molecule has 0 saturated heterocycles. The highest BCUT2D eigenvalue weighted by atomic mass is 16.5. The molecular formula is C18H17N3O4. The SMILES string of the molecule is COc1ccc(O)c(C=NNC(=O)c2cc3cc(OC)ccc3[nH]2)c1. The summed E-state index contributed by atoms with van der Waals surface area (Å²) >= 11 is 0. The number of methoxy groups -OCH3 is 2. The molecule has 128 valence electrons. The Balaban J connectivity index is 1.74. The van der Waals surface area contributed by atoms with Crippen molar-refractivity contribution in [3.63, 3.8) is 0 Å². The second-order valence-corrected chi connectivity index (χ2v) is 5.26. The van der Waals surface area contributed by atoms with Gasteiger partial charge in [-0.05, 0) is 42.5 Å². The van der Waals surface area contributed by atoms with Crippen LogP contribution < -0.4 is 14.9 Å². The molecule has 0 spiro atoms. The molecule has 1 aromatic heterocycles. The quantitative estimate of drug-likeness (QED) is 0.492. The highest BCUT2D eigenvalue weighted by Gasteiger charge is 2.09. The lowest BCUT2D eigenvalue weighted by molar-refractivity contribution is 0.0951. The number of nitrogens with one attached hydrogen (secondary N) is 2. The number of aromatic amines is 1. The first-order chi connectivity index (χ1) is 12.1. The van der Waals surface area contributed by atoms with Crippen LogP contribution in [0.15, 0.2) is 47.6 Å². The van der Waals surface area contributed by atoms with E-state index in [9.17, 15) is 9.90 Å². The van der Waals surface area contributed by atoms with E-state index in [1.54, 1.807) is 25.3 Å². The van der Waals surface area contributed by atoms with Crippen molar-refractivity contribution in [2.24, 2.45) is 5.10 Å². The average Bonchev–Trinajstić information content (AvgIpc) is 3.06. The first-order valence-electron chi connectivity index (χ1n) is 7.48. The highest BCUT2D eigenvalue weighted by Crippen LogP contribution is 2.22. The fourth-order valence-corrected chi connectivity index (χ4v) is 2.34. The van der Waals surface area contributed by atoms with Gasteiger partial charge in [0.05, 0.1) is 20.4 Å². The van der Waals surface area contributed by atoms with E-state index in [1.165, 1.54) is 19.4 Å². The third-order valence-corrected chi connectivity index (χ3v) is 3.68. The van der Waals surface area contributed by atoms with Crippen molar-refractivity contribution in [1.82, 2.24) is 10.4 Å². The van der Waals surface area contributed by atoms with Gasteiger partial charge in [0, 0.05) is 16.5 Å². The van der Waals surface area contributed by atoms with Crippen LogP contribution in [-0.4, -0.2) is 36.4 Å². The van der Waals surface area contributed by atoms with E-state index in [-0.39, 0.29) is 5.75 Å². The Morgan fingerprint density at radius 1 is 1.12 bits per heavy atom. The lowest BCUT2D eigenvalue weighted by Gasteiger charge is -2.03. The molecular weight excluding hydrogens is 322 g/mol. The Kier molecular flexibility index (Phi) is 4.56. The van der Waals surface area contributed by atoms with Gasteiger partial charge in [0.15, 0.2) is 0 Å². The van der Waals surface area contributed by atoms with Crippen LogP contribution >= 0.6 is 0 Å². The van der Waals surface area contributed by atoms with E-state index in [1.807, 2.05) is 18.2 Å². The van der Waals surface area contributed by atoms with Crippen LogP contribution in [0.2, 0.25) is 0 Å². The predicted octanol–water partition coefficient (Wildman–Crippen LogP) is 2.65. The van der Waals surface area contributed by atoms with Gasteiger partial charge in [-0.15, -0.1) is 0 Å². The molecule has 7 nitrogen and oxygen atoms in total. The fraction of sp³-hybridized carbons (Fsp3) is 0.111. The summed E-state index contributed by atoms with van der Waals surface area (Å²) < 4.78 is 10.2. The summed E-state index contributed by atoms with van der Waals surface area (Å²) in [6.07, 6.45) is 1.35. The molecule has 2 aromatic carbocycles. The first kappa shape index (κ1) is 16.4. The minimum Gasteiger partial charge on any atom is -0.507 e. The van der Waals surface area contributed by atoms with Crippen molar-refractivity contribution in [1.29, 1.82) is 0 Å². The zero-order chi connectivity index (χ0) is 17.8. The number of aromatic nitrogens is 1. The number of H-pyrrole nitrogens is 1. The van der Waals surface area contributed by atoms with Crippen LogP contribution in [0.1, 0.15) is 16.1 Å². The number of carbonyl (C=O) groups is 1. The van der Waals surface area contributed by atoms with Gasteiger partial charge >= 0.3 is 0 Å². The van der Waals surface area contributed by atoms with Gasteiger partial charge in [-0.3, -0.25) is 4.79 Å². The molecule has 0 saturated carbocycles. The van der Waals surface area contributed by atoms with Gasteiger partial charge in [-0.1, -0.05) is 0 Å². The number of hydrogen-bond donors (Lipinski definition) is 3. The Bertz CT molecular complexity index is 947. The number of fused-ring (bicyclic) bond motifs is 1. The molecule has 3 N–H and O–H groups in total. The van der Waals surface area contributed by atoms with Crippen LogP contribution in [0, 0.1) is 0 Å². The number of amides is 1. The highest BCUT2D eigenvalue weighted by molar-refractivity contribution is 5.98. The van der Waals surface area contributed by atoms with E-state index in [0.717, 1.165) is 10.9 Å². The van der Waals surface area contributed by atoms with Gasteiger partial charge in [0.2, 0.25) is 0 Å². The molecule has 0 aliphatic carbocycles. The molecule has 1 heterocycles. The molecule has 7 heteroatoms. The monoisotopic (exact) mass is 339 g/mol. The van der Waals surface area contributed by atoms with Crippen LogP contribution in [0.25, 0.3) is 10.9 Å². The van der Waals surface area contributed by atoms with E-state index < -0.39 is 5.91 Å². The maximum Gasteiger partial charge on any atom is 0.287 e. The van der Waals surface area contributed by atoms with Gasteiger partial charge in [0.25, 0.3) is 5.91 Å². The second kappa shape index (κ2) is 6.96. The number of benzene rings is 2. The molecule has 0 radical (unpaired) electrons. The van der Waals surface area contributed by atoms with E-state index >= 15 is 0 Å². The zero-order valence-corrected chi connectivity index (χ0v) is 13.7. The number of ether oxygens (including phenoxy) is 2. The third-order valence-electron chi connectivity index (χ3n) is 3.68. The number of nitrogens with zero attached hydrogens (tertiary/aromatic N) is 1. The second-order valence-electron chi connectivity index (χ2n) is 5.26.